The number of rotatable bonds is 6. The van der Waals surface area contributed by atoms with E-state index in [1.54, 1.807) is 18.4 Å². The fourth-order valence-corrected chi connectivity index (χ4v) is 3.34. The van der Waals surface area contributed by atoms with E-state index in [2.05, 4.69) is 15.6 Å². The van der Waals surface area contributed by atoms with E-state index in [1.807, 2.05) is 53.9 Å². The van der Waals surface area contributed by atoms with Crippen molar-refractivity contribution >= 4 is 33.8 Å². The molecule has 0 unspecified atom stereocenters. The lowest BCUT2D eigenvalue weighted by molar-refractivity contribution is -0.117. The Morgan fingerprint density at radius 1 is 1.15 bits per heavy atom. The van der Waals surface area contributed by atoms with Crippen LogP contribution in [0.25, 0.3) is 11.3 Å². The van der Waals surface area contributed by atoms with E-state index in [1.165, 1.54) is 0 Å². The minimum Gasteiger partial charge on any atom is -0.497 e. The number of aromatic nitrogens is 1. The van der Waals surface area contributed by atoms with Crippen LogP contribution in [0.4, 0.5) is 16.5 Å². The first-order valence-corrected chi connectivity index (χ1v) is 9.37. The van der Waals surface area contributed by atoms with Crippen molar-refractivity contribution in [3.63, 3.8) is 0 Å². The van der Waals surface area contributed by atoms with Gasteiger partial charge in [0.25, 0.3) is 0 Å². The number of amides is 1. The van der Waals surface area contributed by atoms with E-state index in [4.69, 9.17) is 4.74 Å². The minimum absolute atomic E-state index is 0.121. The molecule has 1 heterocycles. The van der Waals surface area contributed by atoms with Crippen LogP contribution in [0.5, 0.6) is 5.75 Å². The van der Waals surface area contributed by atoms with Gasteiger partial charge in [-0.1, -0.05) is 18.2 Å². The molecule has 5 nitrogen and oxygen atoms in total. The number of hydrogen-bond donors (Lipinski definition) is 2. The van der Waals surface area contributed by atoms with Crippen LogP contribution >= 0.6 is 11.3 Å². The largest absolute Gasteiger partial charge is 0.497 e. The Morgan fingerprint density at radius 2 is 1.96 bits per heavy atom. The van der Waals surface area contributed by atoms with Crippen LogP contribution in [-0.2, 0) is 4.79 Å². The molecule has 1 saturated carbocycles. The Hall–Kier alpha value is -2.86. The SMILES string of the molecule is COc1cccc(Nc2nc(-c3ccc(NC(=O)C4CC4)cc3)cs2)c1. The fourth-order valence-electron chi connectivity index (χ4n) is 2.60. The van der Waals surface area contributed by atoms with Crippen molar-refractivity contribution in [2.75, 3.05) is 17.7 Å². The molecule has 3 aromatic rings. The van der Waals surface area contributed by atoms with Gasteiger partial charge in [0.1, 0.15) is 5.75 Å². The van der Waals surface area contributed by atoms with Gasteiger partial charge < -0.3 is 15.4 Å². The number of nitrogens with zero attached hydrogens (tertiary/aromatic N) is 1. The molecule has 0 radical (unpaired) electrons. The zero-order valence-corrected chi connectivity index (χ0v) is 15.2. The van der Waals surface area contributed by atoms with Crippen LogP contribution in [0.2, 0.25) is 0 Å². The summed E-state index contributed by atoms with van der Waals surface area (Å²) in [5, 5.41) is 9.08. The summed E-state index contributed by atoms with van der Waals surface area (Å²) in [5.41, 5.74) is 3.68. The van der Waals surface area contributed by atoms with Crippen LogP contribution in [0.3, 0.4) is 0 Å². The highest BCUT2D eigenvalue weighted by molar-refractivity contribution is 7.14. The van der Waals surface area contributed by atoms with E-state index in [0.717, 1.165) is 46.4 Å². The van der Waals surface area contributed by atoms with Crippen LogP contribution in [0.1, 0.15) is 12.8 Å². The third kappa shape index (κ3) is 3.86. The lowest BCUT2D eigenvalue weighted by Gasteiger charge is -2.05. The van der Waals surface area contributed by atoms with Gasteiger partial charge in [-0.3, -0.25) is 4.79 Å². The summed E-state index contributed by atoms with van der Waals surface area (Å²) in [5.74, 6) is 1.13. The molecule has 2 N–H and O–H groups in total. The highest BCUT2D eigenvalue weighted by atomic mass is 32.1. The average molecular weight is 365 g/mol. The normalized spacial score (nSPS) is 13.3. The average Bonchev–Trinajstić information content (AvgIpc) is 3.43. The number of ether oxygens (including phenoxy) is 1. The number of methoxy groups -OCH3 is 1. The van der Waals surface area contributed by atoms with Crippen molar-refractivity contribution in [2.45, 2.75) is 12.8 Å². The molecule has 0 atom stereocenters. The third-order valence-electron chi connectivity index (χ3n) is 4.22. The maximum Gasteiger partial charge on any atom is 0.227 e. The number of carbonyl (C=O) groups is 1. The van der Waals surface area contributed by atoms with Crippen molar-refractivity contribution in [1.29, 1.82) is 0 Å². The summed E-state index contributed by atoms with van der Waals surface area (Å²) in [7, 11) is 1.65. The molecule has 1 aliphatic carbocycles. The van der Waals surface area contributed by atoms with Gasteiger partial charge >= 0.3 is 0 Å². The quantitative estimate of drug-likeness (QED) is 0.651. The summed E-state index contributed by atoms with van der Waals surface area (Å²) < 4.78 is 5.24. The molecule has 1 aliphatic rings. The van der Waals surface area contributed by atoms with Crippen LogP contribution in [0, 0.1) is 5.92 Å². The second kappa shape index (κ2) is 7.17. The lowest BCUT2D eigenvalue weighted by Crippen LogP contribution is -2.12. The highest BCUT2D eigenvalue weighted by Gasteiger charge is 2.29. The number of hydrogen-bond acceptors (Lipinski definition) is 5. The minimum atomic E-state index is 0.121. The van der Waals surface area contributed by atoms with Gasteiger partial charge in [-0.05, 0) is 37.1 Å². The summed E-state index contributed by atoms with van der Waals surface area (Å²) in [6.07, 6.45) is 2.01. The topological polar surface area (TPSA) is 63.2 Å². The predicted octanol–water partition coefficient (Wildman–Crippen LogP) is 4.91. The fraction of sp³-hybridized carbons (Fsp3) is 0.200. The monoisotopic (exact) mass is 365 g/mol. The van der Waals surface area contributed by atoms with Crippen molar-refractivity contribution < 1.29 is 9.53 Å². The Balaban J connectivity index is 1.44. The molecule has 0 spiro atoms. The third-order valence-corrected chi connectivity index (χ3v) is 4.98. The van der Waals surface area contributed by atoms with E-state index in [0.29, 0.717) is 0 Å². The summed E-state index contributed by atoms with van der Waals surface area (Å²) in [6.45, 7) is 0. The van der Waals surface area contributed by atoms with E-state index in [-0.39, 0.29) is 11.8 Å². The van der Waals surface area contributed by atoms with Gasteiger partial charge in [0.15, 0.2) is 5.13 Å². The van der Waals surface area contributed by atoms with E-state index >= 15 is 0 Å². The Labute approximate surface area is 156 Å². The van der Waals surface area contributed by atoms with Gasteiger partial charge in [-0.15, -0.1) is 11.3 Å². The number of nitrogens with one attached hydrogen (secondary N) is 2. The second-order valence-corrected chi connectivity index (χ2v) is 7.09. The molecular weight excluding hydrogens is 346 g/mol. The Morgan fingerprint density at radius 3 is 2.69 bits per heavy atom. The molecule has 26 heavy (non-hydrogen) atoms. The van der Waals surface area contributed by atoms with Crippen LogP contribution in [-0.4, -0.2) is 18.0 Å². The molecule has 1 amide bonds. The zero-order valence-electron chi connectivity index (χ0n) is 14.4. The van der Waals surface area contributed by atoms with E-state index in [9.17, 15) is 4.79 Å². The smallest absolute Gasteiger partial charge is 0.227 e. The maximum atomic E-state index is 11.8. The molecule has 0 saturated heterocycles. The first-order valence-electron chi connectivity index (χ1n) is 8.49. The number of benzene rings is 2. The number of anilines is 3. The van der Waals surface area contributed by atoms with Crippen molar-refractivity contribution in [3.8, 4) is 17.0 Å². The van der Waals surface area contributed by atoms with Crippen molar-refractivity contribution in [2.24, 2.45) is 5.92 Å². The lowest BCUT2D eigenvalue weighted by atomic mass is 10.1. The Kier molecular flexibility index (Phi) is 4.58. The van der Waals surface area contributed by atoms with Gasteiger partial charge in [0, 0.05) is 34.3 Å². The molecule has 1 aromatic heterocycles. The molecule has 6 heteroatoms. The number of carbonyl (C=O) groups excluding carboxylic acids is 1. The summed E-state index contributed by atoms with van der Waals surface area (Å²) in [6, 6.07) is 15.5. The zero-order chi connectivity index (χ0) is 17.9. The molecule has 4 rings (SSSR count). The van der Waals surface area contributed by atoms with Gasteiger partial charge in [0.2, 0.25) is 5.91 Å². The maximum absolute atomic E-state index is 11.8. The van der Waals surface area contributed by atoms with Gasteiger partial charge in [-0.25, -0.2) is 4.98 Å². The molecule has 132 valence electrons. The Bertz CT molecular complexity index is 917. The molecule has 2 aromatic carbocycles. The molecular formula is C20H19N3O2S. The van der Waals surface area contributed by atoms with Crippen molar-refractivity contribution in [3.05, 3.63) is 53.9 Å². The van der Waals surface area contributed by atoms with E-state index < -0.39 is 0 Å². The van der Waals surface area contributed by atoms with Gasteiger partial charge in [0.05, 0.1) is 12.8 Å². The summed E-state index contributed by atoms with van der Waals surface area (Å²) in [4.78, 5) is 16.5. The van der Waals surface area contributed by atoms with Crippen molar-refractivity contribution in [1.82, 2.24) is 4.98 Å². The standard InChI is InChI=1S/C20H19N3O2S/c1-25-17-4-2-3-16(11-17)22-20-23-18(12-26-20)13-7-9-15(10-8-13)21-19(24)14-5-6-14/h2-4,7-12,14H,5-6H2,1H3,(H,21,24)(H,22,23). The second-order valence-electron chi connectivity index (χ2n) is 6.24. The molecule has 0 bridgehead atoms. The first kappa shape index (κ1) is 16.6. The van der Waals surface area contributed by atoms with Crippen LogP contribution in [0.15, 0.2) is 53.9 Å². The van der Waals surface area contributed by atoms with Crippen LogP contribution < -0.4 is 15.4 Å². The highest BCUT2D eigenvalue weighted by Crippen LogP contribution is 2.31. The number of thiazole rings is 1. The van der Waals surface area contributed by atoms with Gasteiger partial charge in [-0.2, -0.15) is 0 Å². The molecule has 0 aliphatic heterocycles. The molecule has 1 fully saturated rings. The summed E-state index contributed by atoms with van der Waals surface area (Å²) >= 11 is 1.55. The first-order chi connectivity index (χ1) is 12.7. The predicted molar refractivity (Wildman–Crippen MR) is 105 cm³/mol.